The van der Waals surface area contributed by atoms with Crippen molar-refractivity contribution < 1.29 is 13.9 Å². The number of benzene rings is 3. The van der Waals surface area contributed by atoms with Crippen LogP contribution in [0, 0.1) is 5.82 Å². The van der Waals surface area contributed by atoms with Gasteiger partial charge in [0.05, 0.1) is 12.1 Å². The Hall–Kier alpha value is -3.58. The van der Waals surface area contributed by atoms with Gasteiger partial charge in [0.15, 0.2) is 11.6 Å². The van der Waals surface area contributed by atoms with E-state index in [4.69, 9.17) is 16.3 Å². The molecule has 3 N–H and O–H groups in total. The first-order valence-corrected chi connectivity index (χ1v) is 9.54. The summed E-state index contributed by atoms with van der Waals surface area (Å²) in [5, 5.41) is 12.5. The maximum Gasteiger partial charge on any atom is 0.320 e. The van der Waals surface area contributed by atoms with E-state index in [2.05, 4.69) is 20.8 Å². The lowest BCUT2D eigenvalue weighted by Crippen LogP contribution is -2.28. The largest absolute Gasteiger partial charge is 0.497 e. The molecule has 1 heterocycles. The SMILES string of the molecule is COc1ccc(CNC(=O)Nc2n[nH]c3c(F)c(Cl)c(-c4ccccc4)cc23)cc1. The summed E-state index contributed by atoms with van der Waals surface area (Å²) >= 11 is 6.23. The Kier molecular flexibility index (Phi) is 5.54. The van der Waals surface area contributed by atoms with E-state index in [1.54, 1.807) is 13.2 Å². The maximum absolute atomic E-state index is 14.8. The summed E-state index contributed by atoms with van der Waals surface area (Å²) < 4.78 is 19.9. The van der Waals surface area contributed by atoms with Gasteiger partial charge < -0.3 is 10.1 Å². The molecule has 0 aliphatic heterocycles. The van der Waals surface area contributed by atoms with Gasteiger partial charge in [-0.3, -0.25) is 10.4 Å². The summed E-state index contributed by atoms with van der Waals surface area (Å²) in [7, 11) is 1.59. The Bertz CT molecular complexity index is 1190. The van der Waals surface area contributed by atoms with Gasteiger partial charge in [0.2, 0.25) is 0 Å². The number of carbonyl (C=O) groups excluding carboxylic acids is 1. The first-order valence-electron chi connectivity index (χ1n) is 9.16. The molecule has 0 bridgehead atoms. The van der Waals surface area contributed by atoms with Crippen LogP contribution < -0.4 is 15.4 Å². The molecule has 1 aromatic heterocycles. The van der Waals surface area contributed by atoms with E-state index in [1.807, 2.05) is 54.6 Å². The zero-order valence-electron chi connectivity index (χ0n) is 16.0. The highest BCUT2D eigenvalue weighted by molar-refractivity contribution is 6.34. The Morgan fingerprint density at radius 2 is 1.90 bits per heavy atom. The molecule has 30 heavy (non-hydrogen) atoms. The van der Waals surface area contributed by atoms with Crippen molar-refractivity contribution in [2.45, 2.75) is 6.54 Å². The van der Waals surface area contributed by atoms with E-state index >= 15 is 0 Å². The number of anilines is 1. The van der Waals surface area contributed by atoms with Crippen LogP contribution in [0.3, 0.4) is 0 Å². The highest BCUT2D eigenvalue weighted by Crippen LogP contribution is 2.36. The predicted molar refractivity (Wildman–Crippen MR) is 115 cm³/mol. The Balaban J connectivity index is 1.55. The fraction of sp³-hybridized carbons (Fsp3) is 0.0909. The number of nitrogens with one attached hydrogen (secondary N) is 3. The number of methoxy groups -OCH3 is 1. The number of hydrogen-bond acceptors (Lipinski definition) is 3. The van der Waals surface area contributed by atoms with E-state index in [1.165, 1.54) is 0 Å². The molecule has 4 aromatic rings. The van der Waals surface area contributed by atoms with Crippen LogP contribution in [0.5, 0.6) is 5.75 Å². The minimum atomic E-state index is -0.618. The fourth-order valence-electron chi connectivity index (χ4n) is 3.09. The summed E-state index contributed by atoms with van der Waals surface area (Å²) in [6.07, 6.45) is 0. The number of aromatic nitrogens is 2. The van der Waals surface area contributed by atoms with E-state index in [0.717, 1.165) is 16.9 Å². The average Bonchev–Trinajstić information content (AvgIpc) is 3.18. The topological polar surface area (TPSA) is 79.0 Å². The predicted octanol–water partition coefficient (Wildman–Crippen LogP) is 5.35. The molecule has 0 aliphatic carbocycles. The Morgan fingerprint density at radius 3 is 2.60 bits per heavy atom. The monoisotopic (exact) mass is 424 g/mol. The average molecular weight is 425 g/mol. The van der Waals surface area contributed by atoms with Gasteiger partial charge >= 0.3 is 6.03 Å². The van der Waals surface area contributed by atoms with E-state index in [-0.39, 0.29) is 16.4 Å². The second-order valence-electron chi connectivity index (χ2n) is 6.57. The van der Waals surface area contributed by atoms with E-state index in [0.29, 0.717) is 17.5 Å². The lowest BCUT2D eigenvalue weighted by atomic mass is 10.0. The van der Waals surface area contributed by atoms with Crippen LogP contribution in [0.2, 0.25) is 5.02 Å². The normalized spacial score (nSPS) is 10.8. The molecule has 8 heteroatoms. The van der Waals surface area contributed by atoms with Crippen molar-refractivity contribution in [2.24, 2.45) is 0 Å². The van der Waals surface area contributed by atoms with Gasteiger partial charge in [0.25, 0.3) is 0 Å². The van der Waals surface area contributed by atoms with Crippen molar-refractivity contribution >= 4 is 34.4 Å². The lowest BCUT2D eigenvalue weighted by molar-refractivity contribution is 0.251. The zero-order chi connectivity index (χ0) is 21.1. The minimum absolute atomic E-state index is 0.00661. The number of urea groups is 1. The first-order chi connectivity index (χ1) is 14.6. The van der Waals surface area contributed by atoms with Gasteiger partial charge in [-0.15, -0.1) is 0 Å². The third-order valence-electron chi connectivity index (χ3n) is 4.67. The molecule has 0 spiro atoms. The van der Waals surface area contributed by atoms with Gasteiger partial charge in [0, 0.05) is 17.5 Å². The second-order valence-corrected chi connectivity index (χ2v) is 6.95. The Labute approximate surface area is 177 Å². The van der Waals surface area contributed by atoms with Crippen molar-refractivity contribution in [1.82, 2.24) is 15.5 Å². The van der Waals surface area contributed by atoms with Crippen LogP contribution in [-0.4, -0.2) is 23.3 Å². The molecule has 0 atom stereocenters. The number of hydrogen-bond donors (Lipinski definition) is 3. The third-order valence-corrected chi connectivity index (χ3v) is 5.04. The lowest BCUT2D eigenvalue weighted by Gasteiger charge is -2.09. The highest BCUT2D eigenvalue weighted by atomic mass is 35.5. The summed E-state index contributed by atoms with van der Waals surface area (Å²) in [6.45, 7) is 0.313. The van der Waals surface area contributed by atoms with Crippen molar-refractivity contribution in [3.63, 3.8) is 0 Å². The van der Waals surface area contributed by atoms with Crippen LogP contribution >= 0.6 is 11.6 Å². The summed E-state index contributed by atoms with van der Waals surface area (Å²) in [5.41, 5.74) is 2.32. The second kappa shape index (κ2) is 8.42. The summed E-state index contributed by atoms with van der Waals surface area (Å²) in [4.78, 5) is 12.3. The van der Waals surface area contributed by atoms with Crippen LogP contribution in [0.15, 0.2) is 60.7 Å². The molecule has 0 aliphatic rings. The molecule has 0 radical (unpaired) electrons. The maximum atomic E-state index is 14.8. The van der Waals surface area contributed by atoms with Gasteiger partial charge in [0.1, 0.15) is 11.3 Å². The number of H-pyrrole nitrogens is 1. The molecule has 4 rings (SSSR count). The molecule has 152 valence electrons. The molecule has 6 nitrogen and oxygen atoms in total. The van der Waals surface area contributed by atoms with Crippen LogP contribution in [0.25, 0.3) is 22.0 Å². The number of halogens is 2. The van der Waals surface area contributed by atoms with Gasteiger partial charge in [-0.1, -0.05) is 54.1 Å². The number of ether oxygens (including phenoxy) is 1. The number of carbonyl (C=O) groups is 1. The van der Waals surface area contributed by atoms with Crippen LogP contribution in [0.1, 0.15) is 5.56 Å². The molecule has 0 unspecified atom stereocenters. The molecular weight excluding hydrogens is 407 g/mol. The van der Waals surface area contributed by atoms with E-state index < -0.39 is 11.8 Å². The number of rotatable bonds is 5. The van der Waals surface area contributed by atoms with Gasteiger partial charge in [-0.2, -0.15) is 5.10 Å². The van der Waals surface area contributed by atoms with Crippen molar-refractivity contribution in [2.75, 3.05) is 12.4 Å². The van der Waals surface area contributed by atoms with Crippen molar-refractivity contribution in [1.29, 1.82) is 0 Å². The van der Waals surface area contributed by atoms with Crippen molar-refractivity contribution in [3.05, 3.63) is 77.1 Å². The molecular formula is C22H18ClFN4O2. The third kappa shape index (κ3) is 3.92. The smallest absolute Gasteiger partial charge is 0.320 e. The van der Waals surface area contributed by atoms with Gasteiger partial charge in [-0.05, 0) is 29.3 Å². The standard InChI is InChI=1S/C22H18ClFN4O2/c1-30-15-9-7-13(8-10-15)12-25-22(29)26-21-17-11-16(14-5-3-2-4-6-14)18(23)19(24)20(17)27-28-21/h2-11H,12H2,1H3,(H3,25,26,27,28,29). The summed E-state index contributed by atoms with van der Waals surface area (Å²) in [6, 6.07) is 17.8. The minimum Gasteiger partial charge on any atom is -0.497 e. The molecule has 2 amide bonds. The molecule has 3 aromatic carbocycles. The molecule has 0 saturated heterocycles. The highest BCUT2D eigenvalue weighted by Gasteiger charge is 2.18. The number of amides is 2. The number of fused-ring (bicyclic) bond motifs is 1. The summed E-state index contributed by atoms with van der Waals surface area (Å²) in [5.74, 6) is 0.332. The van der Waals surface area contributed by atoms with Crippen LogP contribution in [-0.2, 0) is 6.54 Å². The zero-order valence-corrected chi connectivity index (χ0v) is 16.8. The number of nitrogens with zero attached hydrogens (tertiary/aromatic N) is 1. The number of aromatic amines is 1. The van der Waals surface area contributed by atoms with E-state index in [9.17, 15) is 9.18 Å². The molecule has 0 fully saturated rings. The quantitative estimate of drug-likeness (QED) is 0.404. The molecule has 0 saturated carbocycles. The fourth-order valence-corrected chi connectivity index (χ4v) is 3.35. The Morgan fingerprint density at radius 1 is 1.17 bits per heavy atom. The van der Waals surface area contributed by atoms with Gasteiger partial charge in [-0.25, -0.2) is 9.18 Å². The van der Waals surface area contributed by atoms with Crippen molar-refractivity contribution in [3.8, 4) is 16.9 Å². The first kappa shape index (κ1) is 19.7. The van der Waals surface area contributed by atoms with Crippen LogP contribution in [0.4, 0.5) is 15.0 Å².